The lowest BCUT2D eigenvalue weighted by molar-refractivity contribution is -0.113. The minimum absolute atomic E-state index is 0.0903. The lowest BCUT2D eigenvalue weighted by Gasteiger charge is -2.26. The Bertz CT molecular complexity index is 1120. The molecule has 1 fully saturated rings. The van der Waals surface area contributed by atoms with Gasteiger partial charge in [0.05, 0.1) is 12.3 Å². The average Bonchev–Trinajstić information content (AvgIpc) is 3.22. The van der Waals surface area contributed by atoms with Crippen LogP contribution in [0.4, 0.5) is 10.1 Å². The molecule has 0 spiro atoms. The summed E-state index contributed by atoms with van der Waals surface area (Å²) in [5.74, 6) is 0.934. The van der Waals surface area contributed by atoms with E-state index in [2.05, 4.69) is 40.3 Å². The van der Waals surface area contributed by atoms with E-state index in [9.17, 15) is 9.18 Å². The number of para-hydroxylation sites is 1. The second kappa shape index (κ2) is 11.1. The van der Waals surface area contributed by atoms with Gasteiger partial charge in [0, 0.05) is 11.4 Å². The molecular weight excluding hydrogens is 449 g/mol. The molecule has 4 rings (SSSR count). The third-order valence-electron chi connectivity index (χ3n) is 6.12. The molecule has 0 aliphatic carbocycles. The number of nitrogens with one attached hydrogen (secondary N) is 1. The molecule has 0 unspecified atom stereocenters. The predicted octanol–water partition coefficient (Wildman–Crippen LogP) is 5.55. The highest BCUT2D eigenvalue weighted by Crippen LogP contribution is 2.28. The average molecular weight is 482 g/mol. The highest BCUT2D eigenvalue weighted by Gasteiger charge is 2.20. The van der Waals surface area contributed by atoms with E-state index in [1.807, 2.05) is 23.6 Å². The van der Waals surface area contributed by atoms with Gasteiger partial charge < -0.3 is 5.32 Å². The number of benzene rings is 2. The molecule has 2 aromatic carbocycles. The van der Waals surface area contributed by atoms with Crippen LogP contribution in [-0.4, -0.2) is 44.4 Å². The second-order valence-electron chi connectivity index (χ2n) is 9.08. The van der Waals surface area contributed by atoms with Gasteiger partial charge >= 0.3 is 0 Å². The van der Waals surface area contributed by atoms with Crippen molar-refractivity contribution in [1.29, 1.82) is 0 Å². The van der Waals surface area contributed by atoms with Gasteiger partial charge in [0.25, 0.3) is 0 Å². The topological polar surface area (TPSA) is 63.1 Å². The summed E-state index contributed by atoms with van der Waals surface area (Å²) in [6, 6.07) is 12.4. The number of anilines is 1. The molecule has 0 bridgehead atoms. The van der Waals surface area contributed by atoms with E-state index in [4.69, 9.17) is 0 Å². The maximum Gasteiger partial charge on any atom is 0.234 e. The number of thioether (sulfide) groups is 1. The van der Waals surface area contributed by atoms with Crippen molar-refractivity contribution in [3.8, 4) is 5.69 Å². The number of aryl methyl sites for hydroxylation is 1. The van der Waals surface area contributed by atoms with Gasteiger partial charge in [-0.05, 0) is 74.2 Å². The Morgan fingerprint density at radius 1 is 1.09 bits per heavy atom. The number of piperidine rings is 1. The first-order valence-electron chi connectivity index (χ1n) is 11.9. The number of halogens is 1. The number of rotatable bonds is 8. The van der Waals surface area contributed by atoms with Crippen LogP contribution < -0.4 is 5.32 Å². The number of hydrogen-bond donors (Lipinski definition) is 1. The Hall–Kier alpha value is -2.71. The molecule has 1 aliphatic heterocycles. The number of carbonyl (C=O) groups is 1. The standard InChI is InChI=1S/C26H32FN5OS/c1-18(2)22-9-7-8-19(3)25(22)28-24(33)17-34-26-30-29-23(16-31-14-5-4-6-15-31)32(26)21-12-10-20(27)11-13-21/h7-13,18H,4-6,14-17H2,1-3H3,(H,28,33). The van der Waals surface area contributed by atoms with Crippen LogP contribution in [0.25, 0.3) is 5.69 Å². The van der Waals surface area contributed by atoms with Crippen molar-refractivity contribution in [3.05, 3.63) is 65.2 Å². The Morgan fingerprint density at radius 2 is 1.82 bits per heavy atom. The zero-order valence-electron chi connectivity index (χ0n) is 20.1. The van der Waals surface area contributed by atoms with Crippen molar-refractivity contribution in [2.45, 2.75) is 57.7 Å². The first-order chi connectivity index (χ1) is 16.4. The summed E-state index contributed by atoms with van der Waals surface area (Å²) in [6.45, 7) is 9.00. The molecule has 1 N–H and O–H groups in total. The number of amides is 1. The summed E-state index contributed by atoms with van der Waals surface area (Å²) in [7, 11) is 0. The summed E-state index contributed by atoms with van der Waals surface area (Å²) in [4.78, 5) is 15.3. The van der Waals surface area contributed by atoms with E-state index < -0.39 is 0 Å². The van der Waals surface area contributed by atoms with E-state index in [0.29, 0.717) is 17.6 Å². The minimum atomic E-state index is -0.290. The first-order valence-corrected chi connectivity index (χ1v) is 12.9. The molecule has 1 saturated heterocycles. The first kappa shape index (κ1) is 24.4. The highest BCUT2D eigenvalue weighted by molar-refractivity contribution is 7.99. The molecule has 1 amide bonds. The molecule has 1 aromatic heterocycles. The maximum absolute atomic E-state index is 13.6. The van der Waals surface area contributed by atoms with Crippen molar-refractivity contribution < 1.29 is 9.18 Å². The molecule has 180 valence electrons. The monoisotopic (exact) mass is 481 g/mol. The molecule has 0 saturated carbocycles. The van der Waals surface area contributed by atoms with Crippen molar-refractivity contribution in [2.75, 3.05) is 24.2 Å². The quantitative estimate of drug-likeness (QED) is 0.427. The largest absolute Gasteiger partial charge is 0.325 e. The second-order valence-corrected chi connectivity index (χ2v) is 10.0. The minimum Gasteiger partial charge on any atom is -0.325 e. The summed E-state index contributed by atoms with van der Waals surface area (Å²) >= 11 is 1.34. The smallest absolute Gasteiger partial charge is 0.234 e. The SMILES string of the molecule is Cc1cccc(C(C)C)c1NC(=O)CSc1nnc(CN2CCCCC2)n1-c1ccc(F)cc1. The van der Waals surface area contributed by atoms with Crippen LogP contribution >= 0.6 is 11.8 Å². The van der Waals surface area contributed by atoms with Crippen LogP contribution in [-0.2, 0) is 11.3 Å². The lowest BCUT2D eigenvalue weighted by atomic mass is 9.98. The lowest BCUT2D eigenvalue weighted by Crippen LogP contribution is -2.30. The Balaban J connectivity index is 1.52. The van der Waals surface area contributed by atoms with E-state index in [1.165, 1.54) is 43.2 Å². The molecule has 1 aliphatic rings. The van der Waals surface area contributed by atoms with Gasteiger partial charge in [-0.15, -0.1) is 10.2 Å². The third-order valence-corrected chi connectivity index (χ3v) is 7.05. The van der Waals surface area contributed by atoms with E-state index in [0.717, 1.165) is 41.4 Å². The summed E-state index contributed by atoms with van der Waals surface area (Å²) in [6.07, 6.45) is 3.63. The maximum atomic E-state index is 13.6. The Morgan fingerprint density at radius 3 is 2.53 bits per heavy atom. The normalized spacial score (nSPS) is 14.5. The Kier molecular flexibility index (Phi) is 8.00. The van der Waals surface area contributed by atoms with Gasteiger partial charge in [-0.25, -0.2) is 4.39 Å². The van der Waals surface area contributed by atoms with E-state index in [-0.39, 0.29) is 17.5 Å². The Labute approximate surface area is 205 Å². The summed E-state index contributed by atoms with van der Waals surface area (Å²) < 4.78 is 15.5. The summed E-state index contributed by atoms with van der Waals surface area (Å²) in [5.41, 5.74) is 3.84. The summed E-state index contributed by atoms with van der Waals surface area (Å²) in [5, 5.41) is 12.6. The van der Waals surface area contributed by atoms with Crippen LogP contribution in [0.1, 0.15) is 56.0 Å². The van der Waals surface area contributed by atoms with E-state index in [1.54, 1.807) is 12.1 Å². The highest BCUT2D eigenvalue weighted by atomic mass is 32.2. The molecule has 3 aromatic rings. The van der Waals surface area contributed by atoms with Gasteiger partial charge in [0.1, 0.15) is 5.82 Å². The van der Waals surface area contributed by atoms with Gasteiger partial charge in [0.15, 0.2) is 11.0 Å². The fourth-order valence-corrected chi connectivity index (χ4v) is 5.08. The predicted molar refractivity (Wildman–Crippen MR) is 135 cm³/mol. The molecule has 0 atom stereocenters. The zero-order valence-corrected chi connectivity index (χ0v) is 20.9. The fourth-order valence-electron chi connectivity index (χ4n) is 4.31. The zero-order chi connectivity index (χ0) is 24.1. The number of aromatic nitrogens is 3. The number of likely N-dealkylation sites (tertiary alicyclic amines) is 1. The molecule has 8 heteroatoms. The van der Waals surface area contributed by atoms with Gasteiger partial charge in [0.2, 0.25) is 5.91 Å². The van der Waals surface area contributed by atoms with Crippen LogP contribution in [0.3, 0.4) is 0 Å². The molecule has 0 radical (unpaired) electrons. The third kappa shape index (κ3) is 5.85. The van der Waals surface area contributed by atoms with Crippen molar-refractivity contribution in [2.24, 2.45) is 0 Å². The van der Waals surface area contributed by atoms with Crippen LogP contribution in [0.2, 0.25) is 0 Å². The molecule has 2 heterocycles. The van der Waals surface area contributed by atoms with Crippen molar-refractivity contribution in [1.82, 2.24) is 19.7 Å². The number of nitrogens with zero attached hydrogens (tertiary/aromatic N) is 4. The van der Waals surface area contributed by atoms with Gasteiger partial charge in [-0.2, -0.15) is 0 Å². The van der Waals surface area contributed by atoms with Gasteiger partial charge in [-0.1, -0.05) is 50.2 Å². The molecular formula is C26H32FN5OS. The number of carbonyl (C=O) groups excluding carboxylic acids is 1. The van der Waals surface area contributed by atoms with Crippen molar-refractivity contribution >= 4 is 23.4 Å². The van der Waals surface area contributed by atoms with Crippen LogP contribution in [0.5, 0.6) is 0 Å². The molecule has 34 heavy (non-hydrogen) atoms. The van der Waals surface area contributed by atoms with Crippen LogP contribution in [0.15, 0.2) is 47.6 Å². The van der Waals surface area contributed by atoms with Crippen molar-refractivity contribution in [3.63, 3.8) is 0 Å². The number of hydrogen-bond acceptors (Lipinski definition) is 5. The van der Waals surface area contributed by atoms with Crippen LogP contribution in [0, 0.1) is 12.7 Å². The van der Waals surface area contributed by atoms with Gasteiger partial charge in [-0.3, -0.25) is 14.3 Å². The van der Waals surface area contributed by atoms with E-state index >= 15 is 0 Å². The molecule has 6 nitrogen and oxygen atoms in total. The fraction of sp³-hybridized carbons (Fsp3) is 0.423.